The molecule has 3 rings (SSSR count). The van der Waals surface area contributed by atoms with E-state index < -0.39 is 0 Å². The van der Waals surface area contributed by atoms with Gasteiger partial charge in [0.1, 0.15) is 0 Å². The molecule has 0 bridgehead atoms. The van der Waals surface area contributed by atoms with E-state index in [2.05, 4.69) is 89.0 Å². The quantitative estimate of drug-likeness (QED) is 0.443. The molecule has 6 nitrogen and oxygen atoms in total. The van der Waals surface area contributed by atoms with Gasteiger partial charge < -0.3 is 15.5 Å². The molecule has 172 valence electrons. The van der Waals surface area contributed by atoms with Gasteiger partial charge in [-0.05, 0) is 36.2 Å². The van der Waals surface area contributed by atoms with Crippen molar-refractivity contribution in [3.8, 4) is 0 Å². The fraction of sp³-hybridized carbons (Fsp3) is 0.462. The Kier molecular flexibility index (Phi) is 9.11. The fourth-order valence-corrected chi connectivity index (χ4v) is 4.33. The zero-order chi connectivity index (χ0) is 22.8. The lowest BCUT2D eigenvalue weighted by Crippen LogP contribution is -2.43. The average molecular weight is 436 g/mol. The van der Waals surface area contributed by atoms with Gasteiger partial charge in [0.25, 0.3) is 0 Å². The van der Waals surface area contributed by atoms with Crippen LogP contribution >= 0.6 is 0 Å². The van der Waals surface area contributed by atoms with E-state index in [9.17, 15) is 4.79 Å². The first-order valence-corrected chi connectivity index (χ1v) is 11.7. The molecular weight excluding hydrogens is 398 g/mol. The summed E-state index contributed by atoms with van der Waals surface area (Å²) in [6, 6.07) is 19.4. The maximum Gasteiger partial charge on any atom is 0.222 e. The minimum Gasteiger partial charge on any atom is -0.354 e. The van der Waals surface area contributed by atoms with Gasteiger partial charge in [0, 0.05) is 39.6 Å². The van der Waals surface area contributed by atoms with Gasteiger partial charge in [-0.2, -0.15) is 0 Å². The molecule has 1 unspecified atom stereocenters. The van der Waals surface area contributed by atoms with Crippen molar-refractivity contribution in [3.63, 3.8) is 0 Å². The smallest absolute Gasteiger partial charge is 0.222 e. The number of benzene rings is 2. The highest BCUT2D eigenvalue weighted by molar-refractivity contribution is 5.79. The SMILES string of the molecule is CCN(CC)C(CNC(=NC)NCc1cccc(CN2CCCC2=O)c1)c1ccccc1. The Morgan fingerprint density at radius 2 is 1.81 bits per heavy atom. The predicted molar refractivity (Wildman–Crippen MR) is 131 cm³/mol. The number of rotatable bonds is 10. The summed E-state index contributed by atoms with van der Waals surface area (Å²) in [5.41, 5.74) is 3.66. The fourth-order valence-electron chi connectivity index (χ4n) is 4.33. The molecule has 2 aromatic rings. The Morgan fingerprint density at radius 1 is 1.06 bits per heavy atom. The van der Waals surface area contributed by atoms with Crippen LogP contribution < -0.4 is 10.6 Å². The number of nitrogens with zero attached hydrogens (tertiary/aromatic N) is 3. The minimum absolute atomic E-state index is 0.263. The van der Waals surface area contributed by atoms with E-state index >= 15 is 0 Å². The maximum absolute atomic E-state index is 11.9. The molecule has 0 aliphatic carbocycles. The van der Waals surface area contributed by atoms with Crippen LogP contribution in [0.2, 0.25) is 0 Å². The summed E-state index contributed by atoms with van der Waals surface area (Å²) >= 11 is 0. The van der Waals surface area contributed by atoms with Crippen LogP contribution in [0, 0.1) is 0 Å². The minimum atomic E-state index is 0.263. The number of hydrogen-bond donors (Lipinski definition) is 2. The summed E-state index contributed by atoms with van der Waals surface area (Å²) in [4.78, 5) is 20.7. The second-order valence-electron chi connectivity index (χ2n) is 8.19. The van der Waals surface area contributed by atoms with Crippen LogP contribution in [0.25, 0.3) is 0 Å². The van der Waals surface area contributed by atoms with Crippen molar-refractivity contribution in [2.45, 2.75) is 45.8 Å². The van der Waals surface area contributed by atoms with E-state index in [0.717, 1.165) is 38.6 Å². The summed E-state index contributed by atoms with van der Waals surface area (Å²) in [5, 5.41) is 6.95. The number of nitrogens with one attached hydrogen (secondary N) is 2. The summed E-state index contributed by atoms with van der Waals surface area (Å²) in [7, 11) is 1.81. The molecule has 1 aliphatic rings. The lowest BCUT2D eigenvalue weighted by atomic mass is 10.1. The molecule has 1 fully saturated rings. The lowest BCUT2D eigenvalue weighted by Gasteiger charge is -2.30. The standard InChI is InChI=1S/C26H37N5O/c1-4-30(5-2)24(23-13-7-6-8-14-23)19-29-26(27-3)28-18-21-11-9-12-22(17-21)20-31-16-10-15-25(31)32/h6-9,11-14,17,24H,4-5,10,15-16,18-20H2,1-3H3,(H2,27,28,29). The van der Waals surface area contributed by atoms with Gasteiger partial charge in [0.15, 0.2) is 5.96 Å². The van der Waals surface area contributed by atoms with Crippen molar-refractivity contribution >= 4 is 11.9 Å². The van der Waals surface area contributed by atoms with Crippen molar-refractivity contribution in [3.05, 3.63) is 71.3 Å². The topological polar surface area (TPSA) is 60.0 Å². The molecule has 0 saturated carbocycles. The number of likely N-dealkylation sites (tertiary alicyclic amines) is 1. The van der Waals surface area contributed by atoms with Crippen molar-refractivity contribution in [2.24, 2.45) is 4.99 Å². The lowest BCUT2D eigenvalue weighted by molar-refractivity contribution is -0.128. The van der Waals surface area contributed by atoms with Gasteiger partial charge in [0.05, 0.1) is 6.04 Å². The summed E-state index contributed by atoms with van der Waals surface area (Å²) in [6.07, 6.45) is 1.65. The molecule has 2 N–H and O–H groups in total. The van der Waals surface area contributed by atoms with Crippen LogP contribution in [0.15, 0.2) is 59.6 Å². The Bertz CT molecular complexity index is 879. The summed E-state index contributed by atoms with van der Waals surface area (Å²) in [6.45, 7) is 9.43. The number of hydrogen-bond acceptors (Lipinski definition) is 3. The first-order chi connectivity index (χ1) is 15.6. The largest absolute Gasteiger partial charge is 0.354 e. The number of guanidine groups is 1. The number of carbonyl (C=O) groups is 1. The molecular formula is C26H37N5O. The molecule has 1 atom stereocenters. The molecule has 1 heterocycles. The molecule has 32 heavy (non-hydrogen) atoms. The van der Waals surface area contributed by atoms with Crippen molar-refractivity contribution in [1.82, 2.24) is 20.4 Å². The Balaban J connectivity index is 1.57. The second kappa shape index (κ2) is 12.2. The molecule has 1 saturated heterocycles. The molecule has 2 aromatic carbocycles. The van der Waals surface area contributed by atoms with Gasteiger partial charge >= 0.3 is 0 Å². The van der Waals surface area contributed by atoms with Crippen LogP contribution in [0.1, 0.15) is 49.4 Å². The Morgan fingerprint density at radius 3 is 2.47 bits per heavy atom. The molecule has 0 spiro atoms. The maximum atomic E-state index is 11.9. The molecule has 0 radical (unpaired) electrons. The zero-order valence-corrected chi connectivity index (χ0v) is 19.7. The van der Waals surface area contributed by atoms with E-state index in [0.29, 0.717) is 19.5 Å². The second-order valence-corrected chi connectivity index (χ2v) is 8.19. The Labute approximate surface area is 192 Å². The van der Waals surface area contributed by atoms with Crippen LogP contribution in [0.3, 0.4) is 0 Å². The normalized spacial score (nSPS) is 15.3. The van der Waals surface area contributed by atoms with Gasteiger partial charge in [0.2, 0.25) is 5.91 Å². The van der Waals surface area contributed by atoms with Crippen LogP contribution in [0.4, 0.5) is 0 Å². The predicted octanol–water partition coefficient (Wildman–Crippen LogP) is 3.56. The zero-order valence-electron chi connectivity index (χ0n) is 19.7. The molecule has 1 amide bonds. The van der Waals surface area contributed by atoms with Crippen molar-refractivity contribution in [1.29, 1.82) is 0 Å². The summed E-state index contributed by atoms with van der Waals surface area (Å²) in [5.74, 6) is 1.05. The van der Waals surface area contributed by atoms with Crippen LogP contribution in [0.5, 0.6) is 0 Å². The first kappa shape index (κ1) is 23.8. The first-order valence-electron chi connectivity index (χ1n) is 11.7. The van der Waals surface area contributed by atoms with Crippen molar-refractivity contribution in [2.75, 3.05) is 33.2 Å². The highest BCUT2D eigenvalue weighted by Gasteiger charge is 2.20. The monoisotopic (exact) mass is 435 g/mol. The molecule has 0 aromatic heterocycles. The molecule has 6 heteroatoms. The van der Waals surface area contributed by atoms with Crippen LogP contribution in [-0.2, 0) is 17.9 Å². The highest BCUT2D eigenvalue weighted by atomic mass is 16.2. The van der Waals surface area contributed by atoms with E-state index in [1.54, 1.807) is 7.05 Å². The third-order valence-electron chi connectivity index (χ3n) is 6.12. The van der Waals surface area contributed by atoms with E-state index in [-0.39, 0.29) is 11.9 Å². The van der Waals surface area contributed by atoms with Crippen molar-refractivity contribution < 1.29 is 4.79 Å². The number of likely N-dealkylation sites (N-methyl/N-ethyl adjacent to an activating group) is 1. The summed E-state index contributed by atoms with van der Waals surface area (Å²) < 4.78 is 0. The number of amides is 1. The van der Waals surface area contributed by atoms with E-state index in [1.165, 1.54) is 16.7 Å². The van der Waals surface area contributed by atoms with E-state index in [1.807, 2.05) is 4.90 Å². The van der Waals surface area contributed by atoms with Gasteiger partial charge in [-0.3, -0.25) is 14.7 Å². The van der Waals surface area contributed by atoms with Gasteiger partial charge in [-0.25, -0.2) is 0 Å². The molecule has 1 aliphatic heterocycles. The average Bonchev–Trinajstić information content (AvgIpc) is 3.23. The third kappa shape index (κ3) is 6.57. The van der Waals surface area contributed by atoms with Gasteiger partial charge in [-0.15, -0.1) is 0 Å². The number of carbonyl (C=O) groups excluding carboxylic acids is 1. The van der Waals surface area contributed by atoms with Gasteiger partial charge in [-0.1, -0.05) is 68.4 Å². The number of aliphatic imine (C=N–C) groups is 1. The third-order valence-corrected chi connectivity index (χ3v) is 6.12. The van der Waals surface area contributed by atoms with E-state index in [4.69, 9.17) is 0 Å². The van der Waals surface area contributed by atoms with Crippen LogP contribution in [-0.4, -0.2) is 54.9 Å². The highest BCUT2D eigenvalue weighted by Crippen LogP contribution is 2.19. The Hall–Kier alpha value is -2.86.